The van der Waals surface area contributed by atoms with Crippen LogP contribution in [0.4, 0.5) is 0 Å². The molecule has 1 aliphatic rings. The topological polar surface area (TPSA) is 39.4 Å². The normalized spacial score (nSPS) is 18.0. The van der Waals surface area contributed by atoms with Crippen LogP contribution in [0, 0.1) is 0 Å². The van der Waals surface area contributed by atoms with Crippen molar-refractivity contribution in [2.24, 2.45) is 0 Å². The highest BCUT2D eigenvalue weighted by molar-refractivity contribution is 9.10. The van der Waals surface area contributed by atoms with Gasteiger partial charge in [-0.2, -0.15) is 0 Å². The van der Waals surface area contributed by atoms with Gasteiger partial charge in [-0.1, -0.05) is 42.8 Å². The van der Waals surface area contributed by atoms with E-state index in [4.69, 9.17) is 9.15 Å². The van der Waals surface area contributed by atoms with E-state index in [9.17, 15) is 4.79 Å². The van der Waals surface area contributed by atoms with Gasteiger partial charge in [0.2, 0.25) is 0 Å². The Balaban J connectivity index is 2.02. The number of halogens is 1. The molecule has 3 rings (SSSR count). The maximum absolute atomic E-state index is 11.9. The third-order valence-electron chi connectivity index (χ3n) is 3.37. The summed E-state index contributed by atoms with van der Waals surface area (Å²) in [6.07, 6.45) is -0.443. The molecule has 0 N–H and O–H groups in total. The fraction of sp³-hybridized carbons (Fsp3) is 0.312. The summed E-state index contributed by atoms with van der Waals surface area (Å²) in [6.45, 7) is 6.25. The highest BCUT2D eigenvalue weighted by Crippen LogP contribution is 2.38. The Hall–Kier alpha value is -1.55. The molecule has 4 heteroatoms. The first kappa shape index (κ1) is 13.4. The van der Waals surface area contributed by atoms with E-state index in [1.54, 1.807) is 6.07 Å². The molecule has 2 heterocycles. The number of hydrogen-bond donors (Lipinski definition) is 0. The molecule has 0 fully saturated rings. The lowest BCUT2D eigenvalue weighted by Gasteiger charge is -2.15. The fourth-order valence-corrected chi connectivity index (χ4v) is 2.64. The average Bonchev–Trinajstić information content (AvgIpc) is 2.94. The van der Waals surface area contributed by atoms with Crippen molar-refractivity contribution in [3.05, 3.63) is 57.5 Å². The number of esters is 1. The molecule has 1 aromatic carbocycles. The van der Waals surface area contributed by atoms with Crippen molar-refractivity contribution in [2.75, 3.05) is 0 Å². The molecule has 0 bridgehead atoms. The Morgan fingerprint density at radius 1 is 1.15 bits per heavy atom. The van der Waals surface area contributed by atoms with Crippen molar-refractivity contribution in [3.8, 4) is 0 Å². The van der Waals surface area contributed by atoms with E-state index < -0.39 is 6.10 Å². The number of hydrogen-bond acceptors (Lipinski definition) is 3. The highest BCUT2D eigenvalue weighted by atomic mass is 79.9. The zero-order chi connectivity index (χ0) is 14.5. The minimum Gasteiger partial charge on any atom is -0.461 e. The Labute approximate surface area is 126 Å². The van der Waals surface area contributed by atoms with Crippen molar-refractivity contribution in [3.63, 3.8) is 0 Å². The lowest BCUT2D eigenvalue weighted by Crippen LogP contribution is -2.09. The smallest absolute Gasteiger partial charge is 0.339 e. The molecule has 20 heavy (non-hydrogen) atoms. The largest absolute Gasteiger partial charge is 0.461 e. The number of fused-ring (bicyclic) bond motifs is 1. The van der Waals surface area contributed by atoms with E-state index in [1.165, 1.54) is 0 Å². The third-order valence-corrected chi connectivity index (χ3v) is 3.86. The van der Waals surface area contributed by atoms with Gasteiger partial charge in [0, 0.05) is 15.5 Å². The molecule has 1 aromatic heterocycles. The Morgan fingerprint density at radius 2 is 1.90 bits per heavy atom. The molecule has 0 aliphatic carbocycles. The quantitative estimate of drug-likeness (QED) is 0.715. The van der Waals surface area contributed by atoms with E-state index in [2.05, 4.69) is 36.7 Å². The Bertz CT molecular complexity index is 679. The van der Waals surface area contributed by atoms with Crippen molar-refractivity contribution >= 4 is 21.9 Å². The van der Waals surface area contributed by atoms with Crippen LogP contribution < -0.4 is 0 Å². The summed E-state index contributed by atoms with van der Waals surface area (Å²) < 4.78 is 12.2. The molecule has 2 aromatic rings. The minimum atomic E-state index is -0.443. The van der Waals surface area contributed by atoms with Gasteiger partial charge in [-0.3, -0.25) is 0 Å². The molecular weight excluding hydrogens is 320 g/mol. The van der Waals surface area contributed by atoms with E-state index in [0.717, 1.165) is 15.8 Å². The summed E-state index contributed by atoms with van der Waals surface area (Å²) in [6, 6.07) is 9.41. The minimum absolute atomic E-state index is 0.0661. The maximum atomic E-state index is 11.9. The van der Waals surface area contributed by atoms with Crippen LogP contribution in [0.2, 0.25) is 0 Å². The van der Waals surface area contributed by atoms with Crippen LogP contribution in [0.3, 0.4) is 0 Å². The summed E-state index contributed by atoms with van der Waals surface area (Å²) in [4.78, 5) is 11.9. The molecule has 0 saturated heterocycles. The van der Waals surface area contributed by atoms with E-state index >= 15 is 0 Å². The van der Waals surface area contributed by atoms with Gasteiger partial charge in [-0.25, -0.2) is 4.79 Å². The molecule has 0 amide bonds. The van der Waals surface area contributed by atoms with Crippen LogP contribution >= 0.6 is 15.9 Å². The Kier molecular flexibility index (Phi) is 3.01. The van der Waals surface area contributed by atoms with Crippen LogP contribution in [-0.4, -0.2) is 5.97 Å². The Morgan fingerprint density at radius 3 is 2.55 bits per heavy atom. The number of carbonyl (C=O) groups excluding carboxylic acids is 1. The maximum Gasteiger partial charge on any atom is 0.339 e. The lowest BCUT2D eigenvalue weighted by molar-refractivity contribution is 0.0417. The van der Waals surface area contributed by atoms with E-state index in [1.807, 2.05) is 24.3 Å². The number of benzene rings is 1. The third kappa shape index (κ3) is 2.18. The average molecular weight is 335 g/mol. The van der Waals surface area contributed by atoms with Crippen molar-refractivity contribution < 1.29 is 13.9 Å². The van der Waals surface area contributed by atoms with Crippen LogP contribution in [-0.2, 0) is 10.2 Å². The molecule has 1 atom stereocenters. The molecule has 1 unspecified atom stereocenters. The zero-order valence-electron chi connectivity index (χ0n) is 11.6. The first-order valence-electron chi connectivity index (χ1n) is 6.47. The molecule has 3 nitrogen and oxygen atoms in total. The molecule has 0 saturated carbocycles. The van der Waals surface area contributed by atoms with Gasteiger partial charge in [0.1, 0.15) is 11.5 Å². The zero-order valence-corrected chi connectivity index (χ0v) is 13.2. The second kappa shape index (κ2) is 4.48. The van der Waals surface area contributed by atoms with Gasteiger partial charge in [0.15, 0.2) is 6.10 Å². The van der Waals surface area contributed by atoms with E-state index in [0.29, 0.717) is 11.3 Å². The molecular formula is C16H15BrO3. The second-order valence-electron chi connectivity index (χ2n) is 5.97. The predicted octanol–water partition coefficient (Wildman–Crippen LogP) is 4.60. The SMILES string of the molecule is CC(C)(C)c1ccc(C2OC(=O)c3cc(Br)ccc32)o1. The van der Waals surface area contributed by atoms with Crippen molar-refractivity contribution in [1.29, 1.82) is 0 Å². The van der Waals surface area contributed by atoms with Crippen LogP contribution in [0.15, 0.2) is 39.2 Å². The first-order valence-corrected chi connectivity index (χ1v) is 7.26. The van der Waals surface area contributed by atoms with Gasteiger partial charge in [0.25, 0.3) is 0 Å². The monoisotopic (exact) mass is 334 g/mol. The van der Waals surface area contributed by atoms with Crippen molar-refractivity contribution in [1.82, 2.24) is 0 Å². The van der Waals surface area contributed by atoms with Gasteiger partial charge in [0.05, 0.1) is 5.56 Å². The van der Waals surface area contributed by atoms with Crippen molar-refractivity contribution in [2.45, 2.75) is 32.3 Å². The molecule has 0 spiro atoms. The standard InChI is InChI=1S/C16H15BrO3/c1-16(2,3)13-7-6-12(19-13)14-10-5-4-9(17)8-11(10)15(18)20-14/h4-8,14H,1-3H3. The number of rotatable bonds is 1. The first-order chi connectivity index (χ1) is 9.36. The summed E-state index contributed by atoms with van der Waals surface area (Å²) in [5, 5.41) is 0. The van der Waals surface area contributed by atoms with Gasteiger partial charge >= 0.3 is 5.97 Å². The molecule has 104 valence electrons. The van der Waals surface area contributed by atoms with Gasteiger partial charge in [-0.05, 0) is 24.3 Å². The highest BCUT2D eigenvalue weighted by Gasteiger charge is 2.35. The number of cyclic esters (lactones) is 1. The van der Waals surface area contributed by atoms with Crippen LogP contribution in [0.5, 0.6) is 0 Å². The summed E-state index contributed by atoms with van der Waals surface area (Å²) in [5.41, 5.74) is 1.38. The lowest BCUT2D eigenvalue weighted by atomic mass is 9.94. The number of ether oxygens (including phenoxy) is 1. The summed E-state index contributed by atoms with van der Waals surface area (Å²) in [7, 11) is 0. The summed E-state index contributed by atoms with van der Waals surface area (Å²) in [5.74, 6) is 1.25. The van der Waals surface area contributed by atoms with Crippen LogP contribution in [0.25, 0.3) is 0 Å². The van der Waals surface area contributed by atoms with Gasteiger partial charge < -0.3 is 9.15 Å². The van der Waals surface area contributed by atoms with Gasteiger partial charge in [-0.15, -0.1) is 0 Å². The number of furan rings is 1. The predicted molar refractivity (Wildman–Crippen MR) is 78.8 cm³/mol. The number of carbonyl (C=O) groups is 1. The second-order valence-corrected chi connectivity index (χ2v) is 6.88. The van der Waals surface area contributed by atoms with E-state index in [-0.39, 0.29) is 11.4 Å². The van der Waals surface area contributed by atoms with Crippen LogP contribution in [0.1, 0.15) is 54.3 Å². The summed E-state index contributed by atoms with van der Waals surface area (Å²) >= 11 is 3.37. The molecule has 1 aliphatic heterocycles. The fourth-order valence-electron chi connectivity index (χ4n) is 2.28. The molecule has 0 radical (unpaired) electrons.